The summed E-state index contributed by atoms with van der Waals surface area (Å²) in [7, 11) is 1.44. The van der Waals surface area contributed by atoms with Gasteiger partial charge in [0.2, 0.25) is 5.79 Å². The van der Waals surface area contributed by atoms with Gasteiger partial charge in [-0.2, -0.15) is 0 Å². The highest BCUT2D eigenvalue weighted by Crippen LogP contribution is 2.39. The molecule has 0 radical (unpaired) electrons. The summed E-state index contributed by atoms with van der Waals surface area (Å²) in [6.07, 6.45) is 1.30. The van der Waals surface area contributed by atoms with Crippen molar-refractivity contribution in [3.63, 3.8) is 0 Å². The average Bonchev–Trinajstić information content (AvgIpc) is 2.28. The summed E-state index contributed by atoms with van der Waals surface area (Å²) in [5.74, 6) is -1.03. The number of methoxy groups -OCH3 is 1. The number of carbonyl (C=O) groups excluding carboxylic acids is 1. The van der Waals surface area contributed by atoms with E-state index < -0.39 is 11.8 Å². The van der Waals surface area contributed by atoms with Crippen LogP contribution in [0.3, 0.4) is 0 Å². The molecule has 2 rings (SSSR count). The average molecular weight is 236 g/mol. The number of ether oxygens (including phenoxy) is 3. The highest BCUT2D eigenvalue weighted by molar-refractivity contribution is 5.98. The van der Waals surface area contributed by atoms with Gasteiger partial charge in [-0.15, -0.1) is 0 Å². The van der Waals surface area contributed by atoms with Gasteiger partial charge < -0.3 is 14.2 Å². The molecule has 0 N–H and O–H groups in total. The van der Waals surface area contributed by atoms with Crippen molar-refractivity contribution in [1.29, 1.82) is 0 Å². The van der Waals surface area contributed by atoms with Crippen LogP contribution in [0.1, 0.15) is 32.5 Å². The molecule has 0 saturated heterocycles. The Bertz CT molecular complexity index is 560. The topological polar surface area (TPSA) is 44.8 Å². The third-order valence-corrected chi connectivity index (χ3v) is 2.42. The number of esters is 1. The minimum Gasteiger partial charge on any atom is -0.496 e. The van der Waals surface area contributed by atoms with Gasteiger partial charge in [-0.3, -0.25) is 0 Å². The number of hydrogen-bond donors (Lipinski definition) is 0. The van der Waals surface area contributed by atoms with E-state index in [-0.39, 0.29) is 17.8 Å². The van der Waals surface area contributed by atoms with Gasteiger partial charge in [0, 0.05) is 19.4 Å². The molecule has 0 bridgehead atoms. The van der Waals surface area contributed by atoms with Crippen LogP contribution in [0.15, 0.2) is 18.7 Å². The van der Waals surface area contributed by atoms with Crippen molar-refractivity contribution in [3.8, 4) is 11.5 Å². The van der Waals surface area contributed by atoms with Gasteiger partial charge in [0.25, 0.3) is 0 Å². The minimum absolute atomic E-state index is 0.178. The number of cyclic esters (lactones) is 1. The standard InChI is InChI=1S/C13H14O4/c1-5-8-6-7-9(15-4)10-11(8)16-13(2,3)17-12(10)14/h5-7H,1H2,2-4H3/i1D2. The third kappa shape index (κ3) is 1.86. The second-order valence-electron chi connectivity index (χ2n) is 4.10. The Hall–Kier alpha value is -1.97. The Kier molecular flexibility index (Phi) is 2.04. The lowest BCUT2D eigenvalue weighted by molar-refractivity contribution is -0.127. The molecule has 1 aliphatic rings. The first-order valence-electron chi connectivity index (χ1n) is 6.12. The van der Waals surface area contributed by atoms with Gasteiger partial charge in [-0.1, -0.05) is 12.6 Å². The van der Waals surface area contributed by atoms with Crippen molar-refractivity contribution < 1.29 is 21.7 Å². The predicted octanol–water partition coefficient (Wildman–Crippen LogP) is 2.62. The molecule has 1 heterocycles. The maximum atomic E-state index is 12.0. The van der Waals surface area contributed by atoms with Crippen molar-refractivity contribution in [1.82, 2.24) is 0 Å². The smallest absolute Gasteiger partial charge is 0.349 e. The number of rotatable bonds is 2. The van der Waals surface area contributed by atoms with E-state index in [1.54, 1.807) is 26.0 Å². The minimum atomic E-state index is -1.09. The number of fused-ring (bicyclic) bond motifs is 1. The lowest BCUT2D eigenvalue weighted by Gasteiger charge is -2.33. The Morgan fingerprint density at radius 2 is 2.24 bits per heavy atom. The summed E-state index contributed by atoms with van der Waals surface area (Å²) in [4.78, 5) is 12.0. The van der Waals surface area contributed by atoms with Crippen LogP contribution in [0.2, 0.25) is 0 Å². The van der Waals surface area contributed by atoms with E-state index in [2.05, 4.69) is 0 Å². The van der Waals surface area contributed by atoms with E-state index in [1.165, 1.54) is 13.2 Å². The first kappa shape index (κ1) is 9.10. The van der Waals surface area contributed by atoms with Crippen LogP contribution >= 0.6 is 0 Å². The van der Waals surface area contributed by atoms with Crippen molar-refractivity contribution in [2.45, 2.75) is 19.6 Å². The molecule has 17 heavy (non-hydrogen) atoms. The van der Waals surface area contributed by atoms with Crippen LogP contribution in [-0.2, 0) is 4.74 Å². The quantitative estimate of drug-likeness (QED) is 0.740. The molecule has 0 aromatic heterocycles. The molecule has 1 aromatic carbocycles. The Balaban J connectivity index is 2.67. The molecular weight excluding hydrogens is 220 g/mol. The van der Waals surface area contributed by atoms with Gasteiger partial charge in [0.15, 0.2) is 0 Å². The normalized spacial score (nSPS) is 17.9. The Labute approximate surface area is 103 Å². The third-order valence-electron chi connectivity index (χ3n) is 2.42. The molecular formula is C13H14O4. The summed E-state index contributed by atoms with van der Waals surface area (Å²) in [6.45, 7) is 2.85. The fraction of sp³-hybridized carbons (Fsp3) is 0.308. The molecule has 1 aliphatic heterocycles. The highest BCUT2D eigenvalue weighted by Gasteiger charge is 2.37. The maximum absolute atomic E-state index is 12.0. The van der Waals surface area contributed by atoms with Crippen molar-refractivity contribution in [3.05, 3.63) is 29.8 Å². The molecule has 90 valence electrons. The summed E-state index contributed by atoms with van der Waals surface area (Å²) in [6, 6.07) is 3.21. The fourth-order valence-corrected chi connectivity index (χ4v) is 1.71. The molecule has 1 aromatic rings. The van der Waals surface area contributed by atoms with Crippen LogP contribution in [-0.4, -0.2) is 18.9 Å². The molecule has 0 amide bonds. The van der Waals surface area contributed by atoms with Crippen LogP contribution in [0, 0.1) is 0 Å². The molecule has 4 heteroatoms. The zero-order valence-electron chi connectivity index (χ0n) is 11.9. The number of hydrogen-bond acceptors (Lipinski definition) is 4. The Morgan fingerprint density at radius 3 is 2.88 bits per heavy atom. The lowest BCUT2D eigenvalue weighted by Crippen LogP contribution is -2.39. The fourth-order valence-electron chi connectivity index (χ4n) is 1.71. The van der Waals surface area contributed by atoms with E-state index in [1.807, 2.05) is 0 Å². The van der Waals surface area contributed by atoms with Gasteiger partial charge in [0.05, 0.1) is 9.85 Å². The molecule has 0 spiro atoms. The second-order valence-corrected chi connectivity index (χ2v) is 4.10. The summed E-state index contributed by atoms with van der Waals surface area (Å²) >= 11 is 0. The van der Waals surface area contributed by atoms with Gasteiger partial charge in [-0.25, -0.2) is 4.79 Å². The monoisotopic (exact) mass is 236 g/mol. The van der Waals surface area contributed by atoms with E-state index >= 15 is 0 Å². The van der Waals surface area contributed by atoms with Crippen LogP contribution in [0.25, 0.3) is 6.08 Å². The van der Waals surface area contributed by atoms with Crippen LogP contribution in [0.5, 0.6) is 11.5 Å². The summed E-state index contributed by atoms with van der Waals surface area (Å²) < 4.78 is 30.3. The molecule has 0 fully saturated rings. The molecule has 4 nitrogen and oxygen atoms in total. The maximum Gasteiger partial charge on any atom is 0.349 e. The van der Waals surface area contributed by atoms with Crippen LogP contribution in [0.4, 0.5) is 0 Å². The van der Waals surface area contributed by atoms with Crippen molar-refractivity contribution in [2.75, 3.05) is 7.11 Å². The first-order valence-corrected chi connectivity index (χ1v) is 5.12. The molecule has 0 atom stereocenters. The van der Waals surface area contributed by atoms with E-state index in [4.69, 9.17) is 17.0 Å². The number of benzene rings is 1. The van der Waals surface area contributed by atoms with Gasteiger partial charge >= 0.3 is 5.97 Å². The summed E-state index contributed by atoms with van der Waals surface area (Å²) in [5.41, 5.74) is 0.650. The number of carbonyl (C=O) groups is 1. The van der Waals surface area contributed by atoms with Crippen molar-refractivity contribution >= 4 is 12.0 Å². The van der Waals surface area contributed by atoms with E-state index in [9.17, 15) is 4.79 Å². The second kappa shape index (κ2) is 3.80. The molecule has 0 saturated carbocycles. The zero-order valence-corrected chi connectivity index (χ0v) is 9.87. The summed E-state index contributed by atoms with van der Waals surface area (Å²) in [5, 5.41) is 0. The lowest BCUT2D eigenvalue weighted by atomic mass is 10.1. The zero-order chi connectivity index (χ0) is 14.2. The SMILES string of the molecule is [2H]C([2H])=Cc1ccc(OC)c2c1OC(C)(C)OC2=O. The molecule has 0 unspecified atom stereocenters. The van der Waals surface area contributed by atoms with Gasteiger partial charge in [0.1, 0.15) is 17.1 Å². The first-order chi connectivity index (χ1) is 8.84. The van der Waals surface area contributed by atoms with Crippen molar-refractivity contribution in [2.24, 2.45) is 0 Å². The largest absolute Gasteiger partial charge is 0.496 e. The predicted molar refractivity (Wildman–Crippen MR) is 63.2 cm³/mol. The van der Waals surface area contributed by atoms with Crippen LogP contribution < -0.4 is 9.47 Å². The molecule has 0 aliphatic carbocycles. The van der Waals surface area contributed by atoms with Gasteiger partial charge in [-0.05, 0) is 12.1 Å². The highest BCUT2D eigenvalue weighted by atomic mass is 16.7. The van der Waals surface area contributed by atoms with E-state index in [0.29, 0.717) is 11.3 Å². The van der Waals surface area contributed by atoms with E-state index in [0.717, 1.165) is 0 Å². The Morgan fingerprint density at radius 1 is 1.47 bits per heavy atom.